The normalized spacial score (nSPS) is 14.8. The van der Waals surface area contributed by atoms with Gasteiger partial charge in [0.25, 0.3) is 0 Å². The van der Waals surface area contributed by atoms with Gasteiger partial charge in [0, 0.05) is 25.3 Å². The van der Waals surface area contributed by atoms with Gasteiger partial charge in [-0.1, -0.05) is 30.3 Å². The van der Waals surface area contributed by atoms with Crippen molar-refractivity contribution in [1.29, 1.82) is 0 Å². The number of nitrogens with zero attached hydrogens (tertiary/aromatic N) is 1. The number of esters is 1. The molecule has 5 heteroatoms. The van der Waals surface area contributed by atoms with Gasteiger partial charge in [0.15, 0.2) is 0 Å². The van der Waals surface area contributed by atoms with E-state index in [1.165, 1.54) is 30.5 Å². The standard InChI is InChI=1S/C25H32N2O3/c1-4-26-24(28)22(19-12-14-20(15-13-19)25(29)30-5-2)21-11-9-10-18(3)23(21)27-16-7-6-8-17-27/h9-15,22H,4-8,16-17H2,1-3H3,(H,26,28). The van der Waals surface area contributed by atoms with Crippen molar-refractivity contribution in [1.82, 2.24) is 5.32 Å². The molecular formula is C25H32N2O3. The highest BCUT2D eigenvalue weighted by Crippen LogP contribution is 2.36. The first kappa shape index (κ1) is 21.9. The Balaban J connectivity index is 2.04. The lowest BCUT2D eigenvalue weighted by molar-refractivity contribution is -0.121. The van der Waals surface area contributed by atoms with Crippen molar-refractivity contribution < 1.29 is 14.3 Å². The molecule has 1 unspecified atom stereocenters. The smallest absolute Gasteiger partial charge is 0.338 e. The number of ether oxygens (including phenoxy) is 1. The van der Waals surface area contributed by atoms with E-state index >= 15 is 0 Å². The highest BCUT2D eigenvalue weighted by atomic mass is 16.5. The van der Waals surface area contributed by atoms with Crippen LogP contribution in [0.25, 0.3) is 0 Å². The summed E-state index contributed by atoms with van der Waals surface area (Å²) in [7, 11) is 0. The third kappa shape index (κ3) is 4.84. The Hall–Kier alpha value is -2.82. The number of carbonyl (C=O) groups is 2. The maximum atomic E-state index is 13.2. The molecule has 0 bridgehead atoms. The van der Waals surface area contributed by atoms with Gasteiger partial charge in [-0.15, -0.1) is 0 Å². The van der Waals surface area contributed by atoms with Crippen LogP contribution >= 0.6 is 0 Å². The van der Waals surface area contributed by atoms with Crippen LogP contribution < -0.4 is 10.2 Å². The molecule has 2 aromatic rings. The fraction of sp³-hybridized carbons (Fsp3) is 0.440. The van der Waals surface area contributed by atoms with Gasteiger partial charge in [-0.05, 0) is 68.9 Å². The van der Waals surface area contributed by atoms with E-state index in [4.69, 9.17) is 4.74 Å². The number of hydrogen-bond acceptors (Lipinski definition) is 4. The molecule has 1 atom stereocenters. The van der Waals surface area contributed by atoms with Crippen molar-refractivity contribution in [2.75, 3.05) is 31.1 Å². The number of hydrogen-bond donors (Lipinski definition) is 1. The number of likely N-dealkylation sites (N-methyl/N-ethyl adjacent to an activating group) is 1. The van der Waals surface area contributed by atoms with Gasteiger partial charge in [0.1, 0.15) is 0 Å². The monoisotopic (exact) mass is 408 g/mol. The molecule has 1 aliphatic heterocycles. The molecule has 0 spiro atoms. The van der Waals surface area contributed by atoms with E-state index < -0.39 is 5.92 Å². The zero-order valence-electron chi connectivity index (χ0n) is 18.2. The number of anilines is 1. The minimum atomic E-state index is -0.432. The first-order valence-corrected chi connectivity index (χ1v) is 11.0. The summed E-state index contributed by atoms with van der Waals surface area (Å²) in [5.41, 5.74) is 4.75. The Bertz CT molecular complexity index is 870. The molecule has 1 fully saturated rings. The zero-order chi connectivity index (χ0) is 21.5. The lowest BCUT2D eigenvalue weighted by atomic mass is 9.86. The fourth-order valence-electron chi connectivity index (χ4n) is 4.24. The molecule has 2 aromatic carbocycles. The van der Waals surface area contributed by atoms with E-state index in [-0.39, 0.29) is 11.9 Å². The summed E-state index contributed by atoms with van der Waals surface area (Å²) in [4.78, 5) is 27.6. The van der Waals surface area contributed by atoms with E-state index in [2.05, 4.69) is 29.3 Å². The molecule has 0 radical (unpaired) electrons. The van der Waals surface area contributed by atoms with Gasteiger partial charge in [-0.25, -0.2) is 4.79 Å². The first-order valence-electron chi connectivity index (χ1n) is 11.0. The van der Waals surface area contributed by atoms with E-state index in [1.807, 2.05) is 25.1 Å². The van der Waals surface area contributed by atoms with Crippen LogP contribution in [0.15, 0.2) is 42.5 Å². The molecule has 5 nitrogen and oxygen atoms in total. The summed E-state index contributed by atoms with van der Waals surface area (Å²) in [6.07, 6.45) is 3.61. The van der Waals surface area contributed by atoms with Crippen LogP contribution in [0.3, 0.4) is 0 Å². The van der Waals surface area contributed by atoms with Crippen molar-refractivity contribution >= 4 is 17.6 Å². The second kappa shape index (κ2) is 10.3. The van der Waals surface area contributed by atoms with Gasteiger partial charge >= 0.3 is 5.97 Å². The van der Waals surface area contributed by atoms with Gasteiger partial charge < -0.3 is 15.0 Å². The summed E-state index contributed by atoms with van der Waals surface area (Å²) in [6.45, 7) is 8.78. The van der Waals surface area contributed by atoms with Gasteiger partial charge in [0.2, 0.25) is 5.91 Å². The molecule has 0 aromatic heterocycles. The number of para-hydroxylation sites is 1. The average molecular weight is 409 g/mol. The summed E-state index contributed by atoms with van der Waals surface area (Å²) >= 11 is 0. The van der Waals surface area contributed by atoms with Crippen molar-refractivity contribution in [3.8, 4) is 0 Å². The second-order valence-corrected chi connectivity index (χ2v) is 7.73. The Labute approximate surface area is 179 Å². The number of nitrogens with one attached hydrogen (secondary N) is 1. The van der Waals surface area contributed by atoms with Crippen LogP contribution in [-0.2, 0) is 9.53 Å². The molecule has 30 heavy (non-hydrogen) atoms. The zero-order valence-corrected chi connectivity index (χ0v) is 18.2. The van der Waals surface area contributed by atoms with Crippen molar-refractivity contribution in [3.05, 3.63) is 64.7 Å². The number of benzene rings is 2. The largest absolute Gasteiger partial charge is 0.462 e. The van der Waals surface area contributed by atoms with E-state index in [0.29, 0.717) is 18.7 Å². The first-order chi connectivity index (χ1) is 14.6. The fourth-order valence-corrected chi connectivity index (χ4v) is 4.24. The predicted octanol–water partition coefficient (Wildman–Crippen LogP) is 4.43. The van der Waals surface area contributed by atoms with E-state index in [0.717, 1.165) is 24.2 Å². The topological polar surface area (TPSA) is 58.6 Å². The van der Waals surface area contributed by atoms with Crippen LogP contribution in [0, 0.1) is 6.92 Å². The van der Waals surface area contributed by atoms with Crippen LogP contribution in [0.2, 0.25) is 0 Å². The number of piperidine rings is 1. The van der Waals surface area contributed by atoms with Crippen LogP contribution in [-0.4, -0.2) is 38.1 Å². The van der Waals surface area contributed by atoms with Crippen molar-refractivity contribution in [2.45, 2.75) is 46.0 Å². The molecule has 1 heterocycles. The van der Waals surface area contributed by atoms with Crippen LogP contribution in [0.4, 0.5) is 5.69 Å². The summed E-state index contributed by atoms with van der Waals surface area (Å²) in [6, 6.07) is 13.4. The molecule has 1 saturated heterocycles. The quantitative estimate of drug-likeness (QED) is 0.689. The molecule has 3 rings (SSSR count). The third-order valence-corrected chi connectivity index (χ3v) is 5.62. The van der Waals surface area contributed by atoms with Gasteiger partial charge in [-0.2, -0.15) is 0 Å². The lowest BCUT2D eigenvalue weighted by Gasteiger charge is -2.34. The van der Waals surface area contributed by atoms with E-state index in [1.54, 1.807) is 19.1 Å². The molecule has 0 saturated carbocycles. The minimum absolute atomic E-state index is 0.0229. The van der Waals surface area contributed by atoms with E-state index in [9.17, 15) is 9.59 Å². The molecule has 0 aliphatic carbocycles. The molecule has 1 aliphatic rings. The highest BCUT2D eigenvalue weighted by molar-refractivity contribution is 5.91. The Morgan fingerprint density at radius 1 is 1.03 bits per heavy atom. The number of rotatable bonds is 7. The van der Waals surface area contributed by atoms with Crippen LogP contribution in [0.1, 0.15) is 66.1 Å². The maximum absolute atomic E-state index is 13.2. The minimum Gasteiger partial charge on any atom is -0.462 e. The molecular weight excluding hydrogens is 376 g/mol. The third-order valence-electron chi connectivity index (χ3n) is 5.62. The number of amides is 1. The predicted molar refractivity (Wildman–Crippen MR) is 120 cm³/mol. The molecule has 1 amide bonds. The second-order valence-electron chi connectivity index (χ2n) is 7.73. The van der Waals surface area contributed by atoms with Gasteiger partial charge in [0.05, 0.1) is 18.1 Å². The van der Waals surface area contributed by atoms with Gasteiger partial charge in [-0.3, -0.25) is 4.79 Å². The lowest BCUT2D eigenvalue weighted by Crippen LogP contribution is -2.34. The number of carbonyl (C=O) groups excluding carboxylic acids is 2. The Morgan fingerprint density at radius 3 is 2.37 bits per heavy atom. The molecule has 1 N–H and O–H groups in total. The maximum Gasteiger partial charge on any atom is 0.338 e. The van der Waals surface area contributed by atoms with Crippen molar-refractivity contribution in [3.63, 3.8) is 0 Å². The summed E-state index contributed by atoms with van der Waals surface area (Å²) in [5, 5.41) is 3.00. The molecule has 160 valence electrons. The summed E-state index contributed by atoms with van der Waals surface area (Å²) < 4.78 is 5.09. The SMILES string of the molecule is CCNC(=O)C(c1ccc(C(=O)OCC)cc1)c1cccc(C)c1N1CCCCC1. The number of aryl methyl sites for hydroxylation is 1. The highest BCUT2D eigenvalue weighted by Gasteiger charge is 2.28. The Kier molecular flexibility index (Phi) is 7.50. The average Bonchev–Trinajstić information content (AvgIpc) is 2.75. The van der Waals surface area contributed by atoms with Crippen LogP contribution in [0.5, 0.6) is 0 Å². The Morgan fingerprint density at radius 2 is 1.73 bits per heavy atom. The van der Waals surface area contributed by atoms with Crippen molar-refractivity contribution in [2.24, 2.45) is 0 Å². The summed E-state index contributed by atoms with van der Waals surface area (Å²) in [5.74, 6) is -0.800.